The van der Waals surface area contributed by atoms with Crippen molar-refractivity contribution in [3.63, 3.8) is 0 Å². The Morgan fingerprint density at radius 2 is 1.90 bits per heavy atom. The fourth-order valence-electron chi connectivity index (χ4n) is 2.13. The molecule has 0 aliphatic carbocycles. The van der Waals surface area contributed by atoms with E-state index in [0.717, 1.165) is 24.1 Å². The number of halogens is 2. The second-order valence-electron chi connectivity index (χ2n) is 5.18. The predicted octanol–water partition coefficient (Wildman–Crippen LogP) is 4.84. The van der Waals surface area contributed by atoms with Crippen molar-refractivity contribution < 1.29 is 5.11 Å². The molecule has 1 unspecified atom stereocenters. The van der Waals surface area contributed by atoms with E-state index in [0.29, 0.717) is 16.1 Å². The topological polar surface area (TPSA) is 45.2 Å². The first kappa shape index (κ1) is 15.9. The highest BCUT2D eigenvalue weighted by Gasteiger charge is 2.10. The second kappa shape index (κ2) is 7.01. The number of phenolic OH excluding ortho intramolecular Hbond substituents is 1. The monoisotopic (exact) mass is 324 g/mol. The lowest BCUT2D eigenvalue weighted by Gasteiger charge is -2.18. The maximum absolute atomic E-state index is 9.27. The fraction of sp³-hybridized carbons (Fsp3) is 0.312. The zero-order valence-electron chi connectivity index (χ0n) is 12.0. The van der Waals surface area contributed by atoms with Crippen LogP contribution < -0.4 is 5.32 Å². The van der Waals surface area contributed by atoms with Gasteiger partial charge in [-0.15, -0.1) is 0 Å². The number of phenols is 1. The molecule has 5 heteroatoms. The summed E-state index contributed by atoms with van der Waals surface area (Å²) in [6.07, 6.45) is 1.87. The lowest BCUT2D eigenvalue weighted by Crippen LogP contribution is -2.17. The van der Waals surface area contributed by atoms with Gasteiger partial charge in [0.15, 0.2) is 5.15 Å². The van der Waals surface area contributed by atoms with Gasteiger partial charge in [-0.1, -0.05) is 35.3 Å². The summed E-state index contributed by atoms with van der Waals surface area (Å²) in [5.74, 6) is 0.291. The van der Waals surface area contributed by atoms with E-state index >= 15 is 0 Å². The molecular formula is C16H18Cl2N2O. The van der Waals surface area contributed by atoms with Crippen LogP contribution in [-0.2, 0) is 6.42 Å². The van der Waals surface area contributed by atoms with Crippen LogP contribution in [0.2, 0.25) is 10.3 Å². The van der Waals surface area contributed by atoms with Crippen LogP contribution in [0.25, 0.3) is 0 Å². The van der Waals surface area contributed by atoms with Crippen LogP contribution in [0, 0.1) is 6.92 Å². The smallest absolute Gasteiger partial charge is 0.154 e. The molecule has 1 aromatic heterocycles. The summed E-state index contributed by atoms with van der Waals surface area (Å²) in [6, 6.07) is 9.32. The molecule has 3 nitrogen and oxygen atoms in total. The number of rotatable bonds is 5. The van der Waals surface area contributed by atoms with Gasteiger partial charge in [0.2, 0.25) is 0 Å². The highest BCUT2D eigenvalue weighted by atomic mass is 35.5. The van der Waals surface area contributed by atoms with E-state index in [1.54, 1.807) is 18.2 Å². The SMILES string of the molecule is Cc1cc(Cl)nc(Cl)c1NC(C)CCc1ccc(O)cc1. The minimum Gasteiger partial charge on any atom is -0.508 e. The Bertz CT molecular complexity index is 591. The number of hydrogen-bond donors (Lipinski definition) is 2. The molecule has 0 saturated heterocycles. The van der Waals surface area contributed by atoms with Gasteiger partial charge >= 0.3 is 0 Å². The number of aromatic nitrogens is 1. The van der Waals surface area contributed by atoms with E-state index in [4.69, 9.17) is 23.2 Å². The molecule has 0 fully saturated rings. The standard InChI is InChI=1S/C16H18Cl2N2O/c1-10-9-14(17)20-16(18)15(10)19-11(2)3-4-12-5-7-13(21)8-6-12/h5-9,11,19,21H,3-4H2,1-2H3. The van der Waals surface area contributed by atoms with Gasteiger partial charge in [-0.05, 0) is 56.0 Å². The minimum atomic E-state index is 0.248. The normalized spacial score (nSPS) is 12.2. The van der Waals surface area contributed by atoms with Crippen LogP contribution in [0.1, 0.15) is 24.5 Å². The number of nitrogens with one attached hydrogen (secondary N) is 1. The van der Waals surface area contributed by atoms with Gasteiger partial charge in [-0.2, -0.15) is 0 Å². The van der Waals surface area contributed by atoms with Gasteiger partial charge in [0.05, 0.1) is 5.69 Å². The third-order valence-electron chi connectivity index (χ3n) is 3.33. The van der Waals surface area contributed by atoms with Crippen molar-refractivity contribution in [1.29, 1.82) is 0 Å². The number of aryl methyl sites for hydroxylation is 2. The minimum absolute atomic E-state index is 0.248. The Labute approximate surface area is 134 Å². The largest absolute Gasteiger partial charge is 0.508 e. The number of pyridine rings is 1. The van der Waals surface area contributed by atoms with E-state index in [2.05, 4.69) is 17.2 Å². The van der Waals surface area contributed by atoms with Crippen molar-refractivity contribution in [2.45, 2.75) is 32.7 Å². The molecule has 1 aromatic carbocycles. The average Bonchev–Trinajstić information content (AvgIpc) is 2.42. The van der Waals surface area contributed by atoms with Crippen molar-refractivity contribution in [2.75, 3.05) is 5.32 Å². The molecule has 2 rings (SSSR count). The van der Waals surface area contributed by atoms with Crippen LogP contribution in [0.5, 0.6) is 5.75 Å². The van der Waals surface area contributed by atoms with E-state index in [-0.39, 0.29) is 6.04 Å². The average molecular weight is 325 g/mol. The summed E-state index contributed by atoms with van der Waals surface area (Å²) in [5, 5.41) is 13.5. The molecule has 1 atom stereocenters. The molecular weight excluding hydrogens is 307 g/mol. The molecule has 2 N–H and O–H groups in total. The highest BCUT2D eigenvalue weighted by molar-refractivity contribution is 6.34. The van der Waals surface area contributed by atoms with Crippen LogP contribution in [0.3, 0.4) is 0 Å². The molecule has 0 radical (unpaired) electrons. The molecule has 0 aliphatic heterocycles. The highest BCUT2D eigenvalue weighted by Crippen LogP contribution is 2.27. The number of aromatic hydroxyl groups is 1. The summed E-state index contributed by atoms with van der Waals surface area (Å²) in [7, 11) is 0. The second-order valence-corrected chi connectivity index (χ2v) is 5.92. The lowest BCUT2D eigenvalue weighted by atomic mass is 10.1. The molecule has 0 aliphatic rings. The molecule has 0 saturated carbocycles. The Kier molecular flexibility index (Phi) is 5.32. The Morgan fingerprint density at radius 1 is 1.24 bits per heavy atom. The predicted molar refractivity (Wildman–Crippen MR) is 88.5 cm³/mol. The Hall–Kier alpha value is -1.45. The summed E-state index contributed by atoms with van der Waals surface area (Å²) < 4.78 is 0. The van der Waals surface area contributed by atoms with Crippen molar-refractivity contribution in [3.05, 3.63) is 51.8 Å². The number of hydrogen-bond acceptors (Lipinski definition) is 3. The maximum atomic E-state index is 9.27. The van der Waals surface area contributed by atoms with E-state index in [1.807, 2.05) is 19.1 Å². The van der Waals surface area contributed by atoms with E-state index < -0.39 is 0 Å². The first-order valence-electron chi connectivity index (χ1n) is 6.83. The fourth-order valence-corrected chi connectivity index (χ4v) is 2.72. The molecule has 0 bridgehead atoms. The molecule has 0 spiro atoms. The number of benzene rings is 1. The summed E-state index contributed by atoms with van der Waals surface area (Å²) in [5.41, 5.74) is 3.01. The summed E-state index contributed by atoms with van der Waals surface area (Å²) in [6.45, 7) is 4.05. The van der Waals surface area contributed by atoms with Gasteiger partial charge in [-0.3, -0.25) is 0 Å². The Morgan fingerprint density at radius 3 is 2.52 bits per heavy atom. The third-order valence-corrected chi connectivity index (χ3v) is 3.80. The number of anilines is 1. The summed E-state index contributed by atoms with van der Waals surface area (Å²) >= 11 is 12.0. The van der Waals surface area contributed by atoms with Crippen LogP contribution in [-0.4, -0.2) is 16.1 Å². The number of nitrogens with zero attached hydrogens (tertiary/aromatic N) is 1. The molecule has 2 aromatic rings. The van der Waals surface area contributed by atoms with E-state index in [1.165, 1.54) is 5.56 Å². The molecule has 1 heterocycles. The van der Waals surface area contributed by atoms with Gasteiger partial charge < -0.3 is 10.4 Å². The zero-order valence-corrected chi connectivity index (χ0v) is 13.5. The lowest BCUT2D eigenvalue weighted by molar-refractivity contribution is 0.475. The molecule has 21 heavy (non-hydrogen) atoms. The van der Waals surface area contributed by atoms with Crippen LogP contribution in [0.15, 0.2) is 30.3 Å². The molecule has 112 valence electrons. The Balaban J connectivity index is 1.96. The van der Waals surface area contributed by atoms with Crippen molar-refractivity contribution in [2.24, 2.45) is 0 Å². The van der Waals surface area contributed by atoms with E-state index in [9.17, 15) is 5.11 Å². The maximum Gasteiger partial charge on any atom is 0.154 e. The third kappa shape index (κ3) is 4.51. The van der Waals surface area contributed by atoms with Gasteiger partial charge in [-0.25, -0.2) is 4.98 Å². The molecule has 0 amide bonds. The van der Waals surface area contributed by atoms with Crippen molar-refractivity contribution >= 4 is 28.9 Å². The van der Waals surface area contributed by atoms with Gasteiger partial charge in [0.25, 0.3) is 0 Å². The zero-order chi connectivity index (χ0) is 15.4. The van der Waals surface area contributed by atoms with Gasteiger partial charge in [0.1, 0.15) is 10.9 Å². The van der Waals surface area contributed by atoms with Gasteiger partial charge in [0, 0.05) is 6.04 Å². The van der Waals surface area contributed by atoms with Crippen LogP contribution >= 0.6 is 23.2 Å². The summed E-state index contributed by atoms with van der Waals surface area (Å²) in [4.78, 5) is 4.06. The van der Waals surface area contributed by atoms with Crippen LogP contribution in [0.4, 0.5) is 5.69 Å². The first-order chi connectivity index (χ1) is 9.95. The van der Waals surface area contributed by atoms with Crippen molar-refractivity contribution in [3.8, 4) is 5.75 Å². The quantitative estimate of drug-likeness (QED) is 0.774. The first-order valence-corrected chi connectivity index (χ1v) is 7.58. The van der Waals surface area contributed by atoms with Crippen molar-refractivity contribution in [1.82, 2.24) is 4.98 Å².